The number of carbonyl (C=O) groups is 4. The molecule has 2 aromatic rings. The lowest BCUT2D eigenvalue weighted by molar-refractivity contribution is 0.0487. The van der Waals surface area contributed by atoms with Crippen LogP contribution in [0.1, 0.15) is 143 Å². The largest absolute Gasteiger partial charge is 0.445 e. The van der Waals surface area contributed by atoms with Crippen LogP contribution in [0.15, 0.2) is 48.5 Å². The second kappa shape index (κ2) is 18.6. The van der Waals surface area contributed by atoms with Gasteiger partial charge in [0, 0.05) is 23.2 Å². The van der Waals surface area contributed by atoms with Gasteiger partial charge in [0.05, 0.1) is 0 Å². The summed E-state index contributed by atoms with van der Waals surface area (Å²) in [5, 5.41) is 26.4. The third kappa shape index (κ3) is 12.8. The van der Waals surface area contributed by atoms with E-state index in [1.54, 1.807) is 48.5 Å². The van der Waals surface area contributed by atoms with Crippen molar-refractivity contribution in [3.05, 3.63) is 70.8 Å². The normalized spacial score (nSPS) is 22.2. The summed E-state index contributed by atoms with van der Waals surface area (Å²) in [7, 11) is 0. The fourth-order valence-corrected chi connectivity index (χ4v) is 7.36. The number of ether oxygens (including phenoxy) is 2. The number of benzene rings is 2. The lowest BCUT2D eigenvalue weighted by atomic mass is 9.71. The van der Waals surface area contributed by atoms with Crippen LogP contribution in [0, 0.1) is 11.8 Å². The highest BCUT2D eigenvalue weighted by Gasteiger charge is 2.39. The van der Waals surface area contributed by atoms with Crippen LogP contribution in [0.2, 0.25) is 0 Å². The quantitative estimate of drug-likeness (QED) is 0.183. The Morgan fingerprint density at radius 2 is 0.941 bits per heavy atom. The number of carbonyl (C=O) groups excluding carboxylic acids is 4. The van der Waals surface area contributed by atoms with Crippen LogP contribution in [-0.4, -0.2) is 57.3 Å². The van der Waals surface area contributed by atoms with Crippen molar-refractivity contribution in [2.24, 2.45) is 11.8 Å². The molecule has 51 heavy (non-hydrogen) atoms. The molecule has 280 valence electrons. The van der Waals surface area contributed by atoms with Gasteiger partial charge in [-0.05, 0) is 69.9 Å². The molecule has 4 N–H and O–H groups in total. The Balaban J connectivity index is 1.41. The van der Waals surface area contributed by atoms with Crippen LogP contribution in [0.3, 0.4) is 0 Å². The molecular formula is C41H58N2O8. The highest BCUT2D eigenvalue weighted by molar-refractivity contribution is 6.02. The molecule has 10 nitrogen and oxygen atoms in total. The maximum Gasteiger partial charge on any atom is 0.407 e. The predicted octanol–water partition coefficient (Wildman–Crippen LogP) is 7.81. The summed E-state index contributed by atoms with van der Waals surface area (Å²) in [6.07, 6.45) is 13.1. The van der Waals surface area contributed by atoms with E-state index in [4.69, 9.17) is 9.47 Å². The van der Waals surface area contributed by atoms with E-state index in [2.05, 4.69) is 10.6 Å². The molecule has 2 aromatic carbocycles. The number of Topliss-reactive ketones (excluding diaryl/α,β-unsaturated/α-hetero) is 2. The number of aliphatic hydroxyl groups is 2. The predicted molar refractivity (Wildman–Crippen MR) is 195 cm³/mol. The summed E-state index contributed by atoms with van der Waals surface area (Å²) in [5.74, 6) is -0.433. The van der Waals surface area contributed by atoms with Gasteiger partial charge in [0.25, 0.3) is 0 Å². The second-order valence-electron chi connectivity index (χ2n) is 15.6. The zero-order valence-electron chi connectivity index (χ0n) is 30.9. The molecule has 3 saturated carbocycles. The van der Waals surface area contributed by atoms with E-state index in [0.717, 1.165) is 56.1 Å². The molecule has 0 radical (unpaired) electrons. The summed E-state index contributed by atoms with van der Waals surface area (Å²) < 4.78 is 11.3. The monoisotopic (exact) mass is 706 g/mol. The van der Waals surface area contributed by atoms with Crippen molar-refractivity contribution in [1.29, 1.82) is 0 Å². The van der Waals surface area contributed by atoms with E-state index in [1.807, 2.05) is 0 Å². The van der Waals surface area contributed by atoms with Crippen LogP contribution in [0.25, 0.3) is 0 Å². The molecule has 0 aliphatic heterocycles. The zero-order chi connectivity index (χ0) is 37.0. The Kier molecular flexibility index (Phi) is 14.6. The van der Waals surface area contributed by atoms with E-state index in [0.29, 0.717) is 17.0 Å². The highest BCUT2D eigenvalue weighted by atomic mass is 16.6. The van der Waals surface area contributed by atoms with Crippen LogP contribution in [0.5, 0.6) is 0 Å². The van der Waals surface area contributed by atoms with Crippen LogP contribution >= 0.6 is 0 Å². The van der Waals surface area contributed by atoms with E-state index < -0.39 is 23.4 Å². The first-order valence-electron chi connectivity index (χ1n) is 18.8. The van der Waals surface area contributed by atoms with Gasteiger partial charge >= 0.3 is 12.2 Å². The highest BCUT2D eigenvalue weighted by Crippen LogP contribution is 2.36. The fourth-order valence-electron chi connectivity index (χ4n) is 7.36. The van der Waals surface area contributed by atoms with Gasteiger partial charge in [-0.1, -0.05) is 113 Å². The number of ketones is 2. The summed E-state index contributed by atoms with van der Waals surface area (Å²) in [4.78, 5) is 51.2. The molecule has 0 saturated heterocycles. The Labute approximate surface area is 303 Å². The Bertz CT molecular complexity index is 1340. The summed E-state index contributed by atoms with van der Waals surface area (Å²) >= 11 is 0. The lowest BCUT2D eigenvalue weighted by Gasteiger charge is -2.42. The van der Waals surface area contributed by atoms with Gasteiger partial charge in [-0.25, -0.2) is 9.59 Å². The molecule has 3 aliphatic carbocycles. The number of rotatable bonds is 10. The van der Waals surface area contributed by atoms with E-state index in [1.165, 1.54) is 66.2 Å². The van der Waals surface area contributed by atoms with Crippen molar-refractivity contribution in [3.8, 4) is 0 Å². The molecule has 0 heterocycles. The molecule has 0 spiro atoms. The maximum atomic E-state index is 13.2. The first-order chi connectivity index (χ1) is 24.2. The van der Waals surface area contributed by atoms with Crippen molar-refractivity contribution in [2.45, 2.75) is 148 Å². The van der Waals surface area contributed by atoms with Crippen molar-refractivity contribution < 1.29 is 38.9 Å². The molecule has 5 rings (SSSR count). The zero-order valence-corrected chi connectivity index (χ0v) is 30.9. The number of nitrogens with one attached hydrogen (secondary N) is 2. The van der Waals surface area contributed by atoms with Crippen molar-refractivity contribution >= 4 is 23.8 Å². The first-order valence-corrected chi connectivity index (χ1v) is 18.8. The van der Waals surface area contributed by atoms with E-state index in [-0.39, 0.29) is 42.8 Å². The SMILES string of the molecule is CC(C)(O)C(=O)c1ccc(COC(=O)NC2CC3CCCCCCCCCCCC2C(NC(=O)OCc2ccc(C(=O)C(C)(C)O)cc2)C3)cc1. The maximum absolute atomic E-state index is 13.2. The van der Waals surface area contributed by atoms with Crippen molar-refractivity contribution in [1.82, 2.24) is 10.6 Å². The van der Waals surface area contributed by atoms with Gasteiger partial charge in [0.1, 0.15) is 24.4 Å². The molecule has 10 heteroatoms. The summed E-state index contributed by atoms with van der Waals surface area (Å²) in [5.41, 5.74) is -0.727. The second-order valence-corrected chi connectivity index (χ2v) is 15.6. The number of hydrogen-bond acceptors (Lipinski definition) is 8. The molecule has 3 fully saturated rings. The number of hydrogen-bond donors (Lipinski definition) is 4. The number of alkyl carbamates (subject to hydrolysis) is 2. The molecule has 3 aliphatic rings. The Morgan fingerprint density at radius 3 is 1.31 bits per heavy atom. The minimum absolute atomic E-state index is 0.00532. The minimum Gasteiger partial charge on any atom is -0.445 e. The lowest BCUT2D eigenvalue weighted by Crippen LogP contribution is -2.55. The molecule has 0 aromatic heterocycles. The van der Waals surface area contributed by atoms with Crippen molar-refractivity contribution in [3.63, 3.8) is 0 Å². The van der Waals surface area contributed by atoms with Crippen LogP contribution in [0.4, 0.5) is 9.59 Å². The van der Waals surface area contributed by atoms with Gasteiger partial charge in [0.2, 0.25) is 0 Å². The van der Waals surface area contributed by atoms with Gasteiger partial charge in [-0.15, -0.1) is 0 Å². The Hall–Kier alpha value is -3.76. The first kappa shape index (κ1) is 40.0. The standard InChI is InChI=1S/C41H58N2O8/c1-40(2,48)36(44)31-20-16-28(17-21-31)26-50-38(46)42-34-24-30-14-12-10-8-6-5-7-9-11-13-15-33(34)35(25-30)43-39(47)51-27-29-18-22-32(23-19-29)37(45)41(3,4)49/h16-23,30,33-35,48-49H,5-15,24-27H2,1-4H3,(H,42,46)(H,43,47). The number of amides is 2. The average molecular weight is 707 g/mol. The van der Waals surface area contributed by atoms with Gasteiger partial charge in [0.15, 0.2) is 11.6 Å². The average Bonchev–Trinajstić information content (AvgIpc) is 3.09. The summed E-state index contributed by atoms with van der Waals surface area (Å²) in [6.45, 7) is 5.86. The van der Waals surface area contributed by atoms with Crippen molar-refractivity contribution in [2.75, 3.05) is 0 Å². The molecule has 2 atom stereocenters. The third-order valence-corrected chi connectivity index (χ3v) is 10.2. The fraction of sp³-hybridized carbons (Fsp3) is 0.610. The molecule has 2 amide bonds. The van der Waals surface area contributed by atoms with Gasteiger partial charge in [-0.2, -0.15) is 0 Å². The molecule has 2 unspecified atom stereocenters. The summed E-state index contributed by atoms with van der Waals surface area (Å²) in [6, 6.07) is 13.0. The molecular weight excluding hydrogens is 648 g/mol. The smallest absolute Gasteiger partial charge is 0.407 e. The topological polar surface area (TPSA) is 151 Å². The van der Waals surface area contributed by atoms with E-state index >= 15 is 0 Å². The van der Waals surface area contributed by atoms with Gasteiger partial charge in [-0.3, -0.25) is 9.59 Å². The number of fused-ring (bicyclic) bond motifs is 12. The Morgan fingerprint density at radius 1 is 0.588 bits per heavy atom. The third-order valence-electron chi connectivity index (χ3n) is 10.2. The van der Waals surface area contributed by atoms with Crippen LogP contribution in [-0.2, 0) is 22.7 Å². The van der Waals surface area contributed by atoms with Gasteiger partial charge < -0.3 is 30.3 Å². The molecule has 2 bridgehead atoms. The van der Waals surface area contributed by atoms with E-state index in [9.17, 15) is 29.4 Å². The minimum atomic E-state index is -1.47. The van der Waals surface area contributed by atoms with Crippen LogP contribution < -0.4 is 10.6 Å².